The summed E-state index contributed by atoms with van der Waals surface area (Å²) in [6.45, 7) is 4.98. The fourth-order valence-electron chi connectivity index (χ4n) is 2.69. The van der Waals surface area contributed by atoms with E-state index in [-0.39, 0.29) is 0 Å². The van der Waals surface area contributed by atoms with E-state index in [2.05, 4.69) is 17.0 Å². The van der Waals surface area contributed by atoms with Crippen molar-refractivity contribution >= 4 is 0 Å². The molecule has 3 rings (SSSR count). The van der Waals surface area contributed by atoms with Crippen LogP contribution in [0.1, 0.15) is 18.4 Å². The molecule has 2 aliphatic rings. The Morgan fingerprint density at radius 1 is 1.12 bits per heavy atom. The van der Waals surface area contributed by atoms with Gasteiger partial charge in [0.1, 0.15) is 5.75 Å². The van der Waals surface area contributed by atoms with E-state index in [1.807, 2.05) is 0 Å². The van der Waals surface area contributed by atoms with Crippen LogP contribution in [0.4, 0.5) is 0 Å². The third-order valence-corrected chi connectivity index (χ3v) is 3.96. The van der Waals surface area contributed by atoms with Gasteiger partial charge in [-0.3, -0.25) is 4.90 Å². The van der Waals surface area contributed by atoms with Gasteiger partial charge in [-0.1, -0.05) is 12.1 Å². The van der Waals surface area contributed by atoms with E-state index >= 15 is 0 Å². The Kier molecular flexibility index (Phi) is 2.81. The van der Waals surface area contributed by atoms with Crippen LogP contribution in [0.25, 0.3) is 0 Å². The molecule has 2 fully saturated rings. The number of phenolic OH excluding ortho intramolecular Hbond substituents is 1. The zero-order chi connectivity index (χ0) is 11.7. The van der Waals surface area contributed by atoms with Crippen molar-refractivity contribution in [1.29, 1.82) is 0 Å². The maximum absolute atomic E-state index is 9.34. The molecule has 1 saturated carbocycles. The number of hydrogen-bond donors (Lipinski definition) is 1. The summed E-state index contributed by atoms with van der Waals surface area (Å²) in [6.07, 6.45) is 2.55. The summed E-state index contributed by atoms with van der Waals surface area (Å²) in [4.78, 5) is 2.50. The molecule has 0 radical (unpaired) electrons. The van der Waals surface area contributed by atoms with E-state index in [4.69, 9.17) is 4.74 Å². The molecule has 0 unspecified atom stereocenters. The molecule has 1 aliphatic carbocycles. The number of nitrogens with zero attached hydrogens (tertiary/aromatic N) is 1. The molecule has 1 heterocycles. The predicted octanol–water partition coefficient (Wildman–Crippen LogP) is 1.76. The highest BCUT2D eigenvalue weighted by atomic mass is 16.5. The van der Waals surface area contributed by atoms with Gasteiger partial charge in [-0.15, -0.1) is 0 Å². The van der Waals surface area contributed by atoms with Gasteiger partial charge < -0.3 is 9.84 Å². The van der Waals surface area contributed by atoms with Crippen molar-refractivity contribution in [2.75, 3.05) is 32.8 Å². The molecule has 92 valence electrons. The number of aromatic hydroxyl groups is 1. The minimum atomic E-state index is 0.352. The molecule has 1 saturated heterocycles. The second-order valence-electron chi connectivity index (χ2n) is 5.22. The highest BCUT2D eigenvalue weighted by molar-refractivity contribution is 5.36. The molecule has 0 bridgehead atoms. The van der Waals surface area contributed by atoms with Crippen molar-refractivity contribution in [2.24, 2.45) is 0 Å². The highest BCUT2D eigenvalue weighted by Crippen LogP contribution is 2.49. The Bertz CT molecular complexity index is 378. The van der Waals surface area contributed by atoms with E-state index in [0.717, 1.165) is 32.8 Å². The van der Waals surface area contributed by atoms with E-state index in [0.29, 0.717) is 11.2 Å². The lowest BCUT2D eigenvalue weighted by Crippen LogP contribution is -2.41. The van der Waals surface area contributed by atoms with Crippen LogP contribution < -0.4 is 0 Å². The predicted molar refractivity (Wildman–Crippen MR) is 66.3 cm³/mol. The highest BCUT2D eigenvalue weighted by Gasteiger charge is 2.45. The van der Waals surface area contributed by atoms with Gasteiger partial charge in [-0.25, -0.2) is 0 Å². The second kappa shape index (κ2) is 4.31. The average Bonchev–Trinajstić information content (AvgIpc) is 3.12. The van der Waals surface area contributed by atoms with E-state index < -0.39 is 0 Å². The Morgan fingerprint density at radius 2 is 1.76 bits per heavy atom. The van der Waals surface area contributed by atoms with Crippen molar-refractivity contribution < 1.29 is 9.84 Å². The smallest absolute Gasteiger partial charge is 0.115 e. The fraction of sp³-hybridized carbons (Fsp3) is 0.571. The third-order valence-electron chi connectivity index (χ3n) is 3.96. The summed E-state index contributed by atoms with van der Waals surface area (Å²) in [5, 5.41) is 9.34. The summed E-state index contributed by atoms with van der Waals surface area (Å²) in [7, 11) is 0. The Balaban J connectivity index is 1.70. The first kappa shape index (κ1) is 11.1. The van der Waals surface area contributed by atoms with Gasteiger partial charge in [0.2, 0.25) is 0 Å². The Labute approximate surface area is 102 Å². The molecular formula is C14H19NO2. The summed E-state index contributed by atoms with van der Waals surface area (Å²) in [5.41, 5.74) is 1.73. The van der Waals surface area contributed by atoms with Crippen molar-refractivity contribution in [2.45, 2.75) is 18.3 Å². The summed E-state index contributed by atoms with van der Waals surface area (Å²) in [5.74, 6) is 0.357. The molecule has 0 aromatic heterocycles. The van der Waals surface area contributed by atoms with E-state index in [1.165, 1.54) is 18.4 Å². The zero-order valence-corrected chi connectivity index (χ0v) is 10.1. The van der Waals surface area contributed by atoms with Crippen LogP contribution in [0.2, 0.25) is 0 Å². The lowest BCUT2D eigenvalue weighted by atomic mass is 9.95. The minimum Gasteiger partial charge on any atom is -0.508 e. The summed E-state index contributed by atoms with van der Waals surface area (Å²) in [6, 6.07) is 7.75. The molecule has 1 aromatic carbocycles. The topological polar surface area (TPSA) is 32.7 Å². The first-order chi connectivity index (χ1) is 8.28. The van der Waals surface area contributed by atoms with Crippen LogP contribution in [0.15, 0.2) is 24.3 Å². The third kappa shape index (κ3) is 2.31. The van der Waals surface area contributed by atoms with Gasteiger partial charge in [-0.2, -0.15) is 0 Å². The van der Waals surface area contributed by atoms with Gasteiger partial charge in [-0.05, 0) is 30.5 Å². The largest absolute Gasteiger partial charge is 0.508 e. The molecule has 17 heavy (non-hydrogen) atoms. The SMILES string of the molecule is Oc1ccc(C2(CN3CCOCC3)CC2)cc1. The van der Waals surface area contributed by atoms with Crippen molar-refractivity contribution in [3.05, 3.63) is 29.8 Å². The monoisotopic (exact) mass is 233 g/mol. The van der Waals surface area contributed by atoms with Gasteiger partial charge in [0.15, 0.2) is 0 Å². The second-order valence-corrected chi connectivity index (χ2v) is 5.22. The number of hydrogen-bond acceptors (Lipinski definition) is 3. The molecule has 1 aromatic rings. The van der Waals surface area contributed by atoms with Crippen LogP contribution in [-0.4, -0.2) is 42.9 Å². The molecule has 3 heteroatoms. The number of morpholine rings is 1. The maximum atomic E-state index is 9.34. The molecule has 0 atom stereocenters. The molecule has 3 nitrogen and oxygen atoms in total. The van der Waals surface area contributed by atoms with Crippen molar-refractivity contribution in [3.63, 3.8) is 0 Å². The summed E-state index contributed by atoms with van der Waals surface area (Å²) >= 11 is 0. The number of ether oxygens (including phenoxy) is 1. The fourth-order valence-corrected chi connectivity index (χ4v) is 2.69. The molecule has 1 N–H and O–H groups in total. The normalized spacial score (nSPS) is 23.5. The standard InChI is InChI=1S/C14H19NO2/c16-13-3-1-12(2-4-13)14(5-6-14)11-15-7-9-17-10-8-15/h1-4,16H,5-11H2. The lowest BCUT2D eigenvalue weighted by molar-refractivity contribution is 0.0336. The molecule has 0 amide bonds. The quantitative estimate of drug-likeness (QED) is 0.863. The Morgan fingerprint density at radius 3 is 2.35 bits per heavy atom. The first-order valence-corrected chi connectivity index (χ1v) is 6.38. The van der Waals surface area contributed by atoms with Crippen LogP contribution in [0.5, 0.6) is 5.75 Å². The Hall–Kier alpha value is -1.06. The van der Waals surface area contributed by atoms with Gasteiger partial charge >= 0.3 is 0 Å². The van der Waals surface area contributed by atoms with Crippen molar-refractivity contribution in [1.82, 2.24) is 4.90 Å². The number of rotatable bonds is 3. The van der Waals surface area contributed by atoms with Crippen LogP contribution in [-0.2, 0) is 10.2 Å². The van der Waals surface area contributed by atoms with Crippen molar-refractivity contribution in [3.8, 4) is 5.75 Å². The van der Waals surface area contributed by atoms with Crippen LogP contribution >= 0.6 is 0 Å². The van der Waals surface area contributed by atoms with Gasteiger partial charge in [0.25, 0.3) is 0 Å². The van der Waals surface area contributed by atoms with E-state index in [1.54, 1.807) is 12.1 Å². The maximum Gasteiger partial charge on any atom is 0.115 e. The minimum absolute atomic E-state index is 0.352. The first-order valence-electron chi connectivity index (χ1n) is 6.38. The zero-order valence-electron chi connectivity index (χ0n) is 10.1. The summed E-state index contributed by atoms with van der Waals surface area (Å²) < 4.78 is 5.38. The number of phenols is 1. The average molecular weight is 233 g/mol. The van der Waals surface area contributed by atoms with Crippen LogP contribution in [0, 0.1) is 0 Å². The molecule has 0 spiro atoms. The van der Waals surface area contributed by atoms with Gasteiger partial charge in [0.05, 0.1) is 13.2 Å². The van der Waals surface area contributed by atoms with E-state index in [9.17, 15) is 5.11 Å². The molecule has 1 aliphatic heterocycles. The van der Waals surface area contributed by atoms with Crippen LogP contribution in [0.3, 0.4) is 0 Å². The van der Waals surface area contributed by atoms with Gasteiger partial charge in [0, 0.05) is 25.0 Å². The number of benzene rings is 1. The lowest BCUT2D eigenvalue weighted by Gasteiger charge is -2.30. The molecular weight excluding hydrogens is 214 g/mol.